The van der Waals surface area contributed by atoms with Gasteiger partial charge in [-0.1, -0.05) is 23.1 Å². The number of halogens is 1. The zero-order chi connectivity index (χ0) is 44.5. The summed E-state index contributed by atoms with van der Waals surface area (Å²) in [6, 6.07) is 17.1. The molecular formula is C41H57ClN12O6. The number of anilines is 2. The van der Waals surface area contributed by atoms with Crippen LogP contribution in [0.3, 0.4) is 0 Å². The van der Waals surface area contributed by atoms with Gasteiger partial charge in [-0.2, -0.15) is 10.5 Å². The first-order chi connectivity index (χ1) is 29.1. The Kier molecular flexibility index (Phi) is 27.4. The minimum absolute atomic E-state index is 0.0568. The van der Waals surface area contributed by atoms with Crippen LogP contribution in [0.5, 0.6) is 0 Å². The number of nitriles is 2. The summed E-state index contributed by atoms with van der Waals surface area (Å²) in [5.74, 6) is -0.134. The molecule has 324 valence electrons. The molecule has 0 saturated carbocycles. The highest BCUT2D eigenvalue weighted by Gasteiger charge is 2.22. The van der Waals surface area contributed by atoms with Crippen molar-refractivity contribution >= 4 is 47.0 Å². The molecule has 0 bridgehead atoms. The average molecular weight is 849 g/mol. The highest BCUT2D eigenvalue weighted by atomic mass is 35.5. The molecule has 4 amide bonds. The van der Waals surface area contributed by atoms with E-state index in [9.17, 15) is 19.2 Å². The van der Waals surface area contributed by atoms with Gasteiger partial charge in [-0.25, -0.2) is 9.59 Å². The number of alkyl halides is 1. The molecule has 1 N–H and O–H groups in total. The molecule has 0 aliphatic carbocycles. The van der Waals surface area contributed by atoms with Crippen molar-refractivity contribution in [2.75, 3.05) is 55.5 Å². The topological polar surface area (TPSA) is 254 Å². The third-order valence-corrected chi connectivity index (χ3v) is 9.36. The number of nitrogens with one attached hydrogen (secondary N) is 1. The lowest BCUT2D eigenvalue weighted by Gasteiger charge is -2.23. The third-order valence-electron chi connectivity index (χ3n) is 9.12. The fourth-order valence-corrected chi connectivity index (χ4v) is 5.99. The highest BCUT2D eigenvalue weighted by Crippen LogP contribution is 2.21. The summed E-state index contributed by atoms with van der Waals surface area (Å²) in [5.41, 5.74) is 18.6. The van der Waals surface area contributed by atoms with E-state index in [-0.39, 0.29) is 30.7 Å². The fourth-order valence-electron chi connectivity index (χ4n) is 5.76. The number of carbonyl (C=O) groups is 4. The maximum absolute atomic E-state index is 12.6. The molecule has 0 aliphatic heterocycles. The van der Waals surface area contributed by atoms with Crippen LogP contribution in [0.2, 0.25) is 0 Å². The first kappa shape index (κ1) is 51.8. The Hall–Kier alpha value is -6.19. The zero-order valence-corrected chi connectivity index (χ0v) is 35.8. The molecule has 2 rings (SSSR count). The van der Waals surface area contributed by atoms with Crippen molar-refractivity contribution in [2.45, 2.75) is 104 Å². The van der Waals surface area contributed by atoms with Crippen LogP contribution in [0.15, 0.2) is 58.8 Å². The van der Waals surface area contributed by atoms with Gasteiger partial charge in [-0.3, -0.25) is 19.8 Å². The second-order valence-corrected chi connectivity index (χ2v) is 13.4. The van der Waals surface area contributed by atoms with Crippen LogP contribution in [-0.2, 0) is 9.47 Å². The minimum Gasteiger partial charge on any atom is -0.445 e. The molecule has 18 nitrogen and oxygen atoms in total. The number of unbranched alkanes of at least 4 members (excludes halogenated alkanes) is 4. The summed E-state index contributed by atoms with van der Waals surface area (Å²) in [5, 5.41) is 27.5. The van der Waals surface area contributed by atoms with Crippen LogP contribution in [-0.4, -0.2) is 91.3 Å². The molecule has 2 aromatic rings. The summed E-state index contributed by atoms with van der Waals surface area (Å²) in [7, 11) is 0. The molecule has 0 saturated heterocycles. The molecule has 19 heteroatoms. The van der Waals surface area contributed by atoms with E-state index in [1.807, 2.05) is 39.8 Å². The van der Waals surface area contributed by atoms with Gasteiger partial charge in [0.1, 0.15) is 18.2 Å². The predicted octanol–water partition coefficient (Wildman–Crippen LogP) is 10.3. The van der Waals surface area contributed by atoms with E-state index < -0.39 is 24.4 Å². The van der Waals surface area contributed by atoms with Crippen LogP contribution >= 0.6 is 11.6 Å². The maximum Gasteiger partial charge on any atom is 0.415 e. The van der Waals surface area contributed by atoms with Gasteiger partial charge in [0.2, 0.25) is 0 Å². The lowest BCUT2D eigenvalue weighted by Crippen LogP contribution is -2.34. The number of ether oxygens (including phenoxy) is 2. The van der Waals surface area contributed by atoms with Crippen LogP contribution in [0, 0.1) is 22.7 Å². The van der Waals surface area contributed by atoms with Gasteiger partial charge in [-0.15, -0.1) is 11.6 Å². The number of amides is 4. The lowest BCUT2D eigenvalue weighted by atomic mass is 10.1. The number of hydrogen-bond acceptors (Lipinski definition) is 10. The maximum atomic E-state index is 12.6. The second-order valence-electron chi connectivity index (χ2n) is 13.1. The van der Waals surface area contributed by atoms with Crippen LogP contribution in [0.4, 0.5) is 21.0 Å². The summed E-state index contributed by atoms with van der Waals surface area (Å²) < 4.78 is 10.8. The number of azide groups is 2. The normalized spacial score (nSPS) is 11.0. The van der Waals surface area contributed by atoms with Crippen molar-refractivity contribution in [3.8, 4) is 12.1 Å². The third kappa shape index (κ3) is 20.0. The van der Waals surface area contributed by atoms with Crippen LogP contribution in [0.25, 0.3) is 20.9 Å². The molecule has 2 unspecified atom stereocenters. The SMILES string of the molecule is CCN(CC)C(=O)c1ccc(N(CCl)C(=O)OC(CC#N)CCCCCN=[N+]=[N-])cc1.CCN(CC)C(=O)c1ccc(NC(=O)OC(CC#N)CCCCCN=[N+]=[N-])cc1. The van der Waals surface area contributed by atoms with Gasteiger partial charge >= 0.3 is 12.2 Å². The van der Waals surface area contributed by atoms with Crippen LogP contribution < -0.4 is 10.2 Å². The van der Waals surface area contributed by atoms with Crippen LogP contribution in [0.1, 0.15) is 113 Å². The Morgan fingerprint density at radius 1 is 0.700 bits per heavy atom. The van der Waals surface area contributed by atoms with Crippen molar-refractivity contribution in [1.82, 2.24) is 9.80 Å². The standard InChI is InChI=1S/C21H29ClN6O3.C20H28N6O3/c1-3-27(4-2)20(29)17-9-11-18(12-10-17)28(16-22)21(30)31-19(13-14-23)8-6-5-7-15-25-26-24;1-3-26(4-2)19(27)16-9-11-17(12-10-16)24-20(28)29-18(13-14-21)8-6-5-7-15-23-25-22/h9-12,19H,3-8,13,15-16H2,1-2H3;9-12,18H,3-8,13,15H2,1-2H3,(H,24,28). The quantitative estimate of drug-likeness (QED) is 0.0250. The van der Waals surface area contributed by atoms with Gasteiger partial charge in [0, 0.05) is 71.6 Å². The Labute approximate surface area is 357 Å². The van der Waals surface area contributed by atoms with Gasteiger partial charge < -0.3 is 19.3 Å². The first-order valence-electron chi connectivity index (χ1n) is 20.1. The summed E-state index contributed by atoms with van der Waals surface area (Å²) >= 11 is 5.98. The average Bonchev–Trinajstić information content (AvgIpc) is 3.25. The number of nitrogens with zero attached hydrogens (tertiary/aromatic N) is 11. The van der Waals surface area contributed by atoms with Gasteiger partial charge in [0.05, 0.1) is 25.0 Å². The summed E-state index contributed by atoms with van der Waals surface area (Å²) in [6.45, 7) is 11.0. The van der Waals surface area contributed by atoms with E-state index in [0.29, 0.717) is 74.6 Å². The number of hydrogen-bond donors (Lipinski definition) is 1. The van der Waals surface area contributed by atoms with Crippen molar-refractivity contribution in [2.24, 2.45) is 10.2 Å². The molecule has 60 heavy (non-hydrogen) atoms. The molecule has 2 atom stereocenters. The van der Waals surface area contributed by atoms with Gasteiger partial charge in [0.25, 0.3) is 11.8 Å². The van der Waals surface area contributed by atoms with E-state index in [0.717, 1.165) is 38.5 Å². The molecule has 0 fully saturated rings. The molecule has 0 radical (unpaired) electrons. The van der Waals surface area contributed by atoms with E-state index in [4.69, 9.17) is 42.7 Å². The van der Waals surface area contributed by atoms with E-state index in [2.05, 4.69) is 25.4 Å². The molecule has 0 aromatic heterocycles. The number of carbonyl (C=O) groups excluding carboxylic acids is 4. The van der Waals surface area contributed by atoms with Crippen molar-refractivity contribution < 1.29 is 28.7 Å². The number of benzene rings is 2. The van der Waals surface area contributed by atoms with E-state index in [1.54, 1.807) is 58.3 Å². The first-order valence-corrected chi connectivity index (χ1v) is 20.7. The van der Waals surface area contributed by atoms with Crippen molar-refractivity contribution in [1.29, 1.82) is 10.5 Å². The Morgan fingerprint density at radius 3 is 1.53 bits per heavy atom. The molecule has 0 spiro atoms. The summed E-state index contributed by atoms with van der Waals surface area (Å²) in [4.78, 5) is 59.6. The fraction of sp³-hybridized carbons (Fsp3) is 0.561. The van der Waals surface area contributed by atoms with Crippen molar-refractivity contribution in [3.05, 3.63) is 80.5 Å². The number of rotatable bonds is 25. The van der Waals surface area contributed by atoms with E-state index in [1.165, 1.54) is 4.90 Å². The van der Waals surface area contributed by atoms with Gasteiger partial charge in [-0.05, 0) is 126 Å². The Morgan fingerprint density at radius 2 is 1.13 bits per heavy atom. The monoisotopic (exact) mass is 848 g/mol. The second kappa shape index (κ2) is 31.8. The smallest absolute Gasteiger partial charge is 0.415 e. The molecular weight excluding hydrogens is 792 g/mol. The van der Waals surface area contributed by atoms with Crippen molar-refractivity contribution in [3.63, 3.8) is 0 Å². The highest BCUT2D eigenvalue weighted by molar-refractivity contribution is 6.21. The lowest BCUT2D eigenvalue weighted by molar-refractivity contribution is 0.0765. The Balaban J connectivity index is 0.000000601. The van der Waals surface area contributed by atoms with Gasteiger partial charge in [0.15, 0.2) is 0 Å². The molecule has 0 heterocycles. The largest absolute Gasteiger partial charge is 0.445 e. The zero-order valence-electron chi connectivity index (χ0n) is 35.0. The molecule has 0 aliphatic rings. The Bertz CT molecular complexity index is 1780. The summed E-state index contributed by atoms with van der Waals surface area (Å²) in [6.07, 6.45) is 3.59. The predicted molar refractivity (Wildman–Crippen MR) is 230 cm³/mol. The molecule has 2 aromatic carbocycles. The minimum atomic E-state index is -0.646. The van der Waals surface area contributed by atoms with E-state index >= 15 is 0 Å².